The van der Waals surface area contributed by atoms with Gasteiger partial charge in [-0.15, -0.1) is 0 Å². The number of nitrogen functional groups attached to an aromatic ring is 1. The zero-order valence-electron chi connectivity index (χ0n) is 10.4. The van der Waals surface area contributed by atoms with E-state index in [0.717, 1.165) is 5.56 Å². The molecule has 2 rings (SSSR count). The predicted octanol–water partition coefficient (Wildman–Crippen LogP) is 1.73. The molecule has 4 heteroatoms. The van der Waals surface area contributed by atoms with Crippen molar-refractivity contribution in [3.63, 3.8) is 0 Å². The van der Waals surface area contributed by atoms with Crippen LogP contribution in [0, 0.1) is 0 Å². The van der Waals surface area contributed by atoms with Crippen molar-refractivity contribution in [1.82, 2.24) is 5.32 Å². The summed E-state index contributed by atoms with van der Waals surface area (Å²) in [4.78, 5) is 11.9. The Morgan fingerprint density at radius 2 is 1.74 bits per heavy atom. The number of carbonyl (C=O) groups excluding carboxylic acids is 1. The van der Waals surface area contributed by atoms with Crippen LogP contribution >= 0.6 is 0 Å². The van der Waals surface area contributed by atoms with Gasteiger partial charge in [-0.1, -0.05) is 42.5 Å². The fourth-order valence-corrected chi connectivity index (χ4v) is 1.78. The van der Waals surface area contributed by atoms with Gasteiger partial charge in [-0.3, -0.25) is 4.79 Å². The maximum Gasteiger partial charge on any atom is 0.253 e. The van der Waals surface area contributed by atoms with E-state index < -0.39 is 6.10 Å². The minimum absolute atomic E-state index is 0.150. The van der Waals surface area contributed by atoms with Crippen molar-refractivity contribution in [2.45, 2.75) is 6.10 Å². The monoisotopic (exact) mass is 256 g/mol. The van der Waals surface area contributed by atoms with Crippen molar-refractivity contribution in [3.05, 3.63) is 65.7 Å². The molecule has 0 aliphatic heterocycles. The van der Waals surface area contributed by atoms with E-state index in [1.54, 1.807) is 24.3 Å². The lowest BCUT2D eigenvalue weighted by Gasteiger charge is -2.12. The SMILES string of the molecule is Nc1ccccc1C(=O)NCC(O)c1ccccc1. The average molecular weight is 256 g/mol. The lowest BCUT2D eigenvalue weighted by atomic mass is 10.1. The Morgan fingerprint density at radius 3 is 2.42 bits per heavy atom. The highest BCUT2D eigenvalue weighted by molar-refractivity contribution is 5.99. The first kappa shape index (κ1) is 13.1. The zero-order valence-corrected chi connectivity index (χ0v) is 10.4. The molecule has 0 aliphatic carbocycles. The van der Waals surface area contributed by atoms with Gasteiger partial charge in [0.25, 0.3) is 5.91 Å². The lowest BCUT2D eigenvalue weighted by molar-refractivity contribution is 0.0917. The number of hydrogen-bond donors (Lipinski definition) is 3. The smallest absolute Gasteiger partial charge is 0.253 e. The number of aliphatic hydroxyl groups excluding tert-OH is 1. The highest BCUT2D eigenvalue weighted by Gasteiger charge is 2.12. The maximum absolute atomic E-state index is 11.9. The third-order valence-corrected chi connectivity index (χ3v) is 2.85. The number of anilines is 1. The van der Waals surface area contributed by atoms with E-state index in [2.05, 4.69) is 5.32 Å². The van der Waals surface area contributed by atoms with Crippen molar-refractivity contribution in [1.29, 1.82) is 0 Å². The van der Waals surface area contributed by atoms with Gasteiger partial charge in [0.15, 0.2) is 0 Å². The number of nitrogens with two attached hydrogens (primary N) is 1. The molecule has 0 spiro atoms. The number of benzene rings is 2. The lowest BCUT2D eigenvalue weighted by Crippen LogP contribution is -2.28. The molecule has 0 heterocycles. The second kappa shape index (κ2) is 6.02. The highest BCUT2D eigenvalue weighted by atomic mass is 16.3. The molecule has 4 nitrogen and oxygen atoms in total. The molecule has 19 heavy (non-hydrogen) atoms. The topological polar surface area (TPSA) is 75.4 Å². The summed E-state index contributed by atoms with van der Waals surface area (Å²) in [6, 6.07) is 16.0. The molecule has 0 bridgehead atoms. The van der Waals surface area contributed by atoms with Gasteiger partial charge in [-0.2, -0.15) is 0 Å². The fourth-order valence-electron chi connectivity index (χ4n) is 1.78. The van der Waals surface area contributed by atoms with E-state index in [1.807, 2.05) is 30.3 Å². The van der Waals surface area contributed by atoms with Crippen LogP contribution in [0.4, 0.5) is 5.69 Å². The Labute approximate surface area is 111 Å². The quantitative estimate of drug-likeness (QED) is 0.729. The van der Waals surface area contributed by atoms with Gasteiger partial charge in [0.1, 0.15) is 0 Å². The Kier molecular flexibility index (Phi) is 4.15. The van der Waals surface area contributed by atoms with Crippen LogP contribution in [0.15, 0.2) is 54.6 Å². The molecular formula is C15H16N2O2. The van der Waals surface area contributed by atoms with Crippen molar-refractivity contribution in [2.75, 3.05) is 12.3 Å². The molecule has 0 radical (unpaired) electrons. The van der Waals surface area contributed by atoms with E-state index in [0.29, 0.717) is 11.3 Å². The van der Waals surface area contributed by atoms with E-state index in [-0.39, 0.29) is 12.5 Å². The Bertz CT molecular complexity index is 555. The summed E-state index contributed by atoms with van der Waals surface area (Å²) in [5, 5.41) is 12.6. The molecule has 1 unspecified atom stereocenters. The van der Waals surface area contributed by atoms with E-state index >= 15 is 0 Å². The predicted molar refractivity (Wildman–Crippen MR) is 74.6 cm³/mol. The summed E-state index contributed by atoms with van der Waals surface area (Å²) in [6.45, 7) is 0.150. The zero-order chi connectivity index (χ0) is 13.7. The molecular weight excluding hydrogens is 240 g/mol. The Balaban J connectivity index is 1.96. The van der Waals surface area contributed by atoms with Crippen LogP contribution in [-0.4, -0.2) is 17.6 Å². The van der Waals surface area contributed by atoms with Crippen LogP contribution in [0.25, 0.3) is 0 Å². The number of hydrogen-bond acceptors (Lipinski definition) is 3. The van der Waals surface area contributed by atoms with Gasteiger partial charge < -0.3 is 16.2 Å². The molecule has 1 atom stereocenters. The summed E-state index contributed by atoms with van der Waals surface area (Å²) in [5.74, 6) is -0.284. The minimum Gasteiger partial charge on any atom is -0.398 e. The normalized spacial score (nSPS) is 11.8. The molecule has 2 aromatic rings. The summed E-state index contributed by atoms with van der Waals surface area (Å²) >= 11 is 0. The second-order valence-corrected chi connectivity index (χ2v) is 4.22. The molecule has 4 N–H and O–H groups in total. The number of amides is 1. The van der Waals surface area contributed by atoms with E-state index in [9.17, 15) is 9.90 Å². The minimum atomic E-state index is -0.727. The fraction of sp³-hybridized carbons (Fsp3) is 0.133. The van der Waals surface area contributed by atoms with Crippen molar-refractivity contribution in [3.8, 4) is 0 Å². The number of rotatable bonds is 4. The van der Waals surface area contributed by atoms with Gasteiger partial charge in [-0.05, 0) is 17.7 Å². The standard InChI is InChI=1S/C15H16N2O2/c16-13-9-5-4-8-12(13)15(19)17-10-14(18)11-6-2-1-3-7-11/h1-9,14,18H,10,16H2,(H,17,19). The largest absolute Gasteiger partial charge is 0.398 e. The van der Waals surface area contributed by atoms with Crippen LogP contribution in [0.1, 0.15) is 22.0 Å². The maximum atomic E-state index is 11.9. The van der Waals surface area contributed by atoms with E-state index in [4.69, 9.17) is 5.73 Å². The number of aliphatic hydroxyl groups is 1. The van der Waals surface area contributed by atoms with Crippen LogP contribution in [0.3, 0.4) is 0 Å². The summed E-state index contributed by atoms with van der Waals surface area (Å²) in [6.07, 6.45) is -0.727. The summed E-state index contributed by atoms with van der Waals surface area (Å²) in [5.41, 5.74) is 7.33. The first-order valence-electron chi connectivity index (χ1n) is 6.04. The molecule has 2 aromatic carbocycles. The van der Waals surface area contributed by atoms with Crippen LogP contribution < -0.4 is 11.1 Å². The van der Waals surface area contributed by atoms with Gasteiger partial charge in [0.2, 0.25) is 0 Å². The van der Waals surface area contributed by atoms with Crippen LogP contribution in [0.5, 0.6) is 0 Å². The molecule has 0 saturated carbocycles. The first-order valence-corrected chi connectivity index (χ1v) is 6.04. The van der Waals surface area contributed by atoms with Gasteiger partial charge in [0, 0.05) is 12.2 Å². The molecule has 0 aliphatic rings. The molecule has 98 valence electrons. The summed E-state index contributed by atoms with van der Waals surface area (Å²) in [7, 11) is 0. The van der Waals surface area contributed by atoms with Gasteiger partial charge >= 0.3 is 0 Å². The molecule has 0 fully saturated rings. The second-order valence-electron chi connectivity index (χ2n) is 4.22. The molecule has 0 aromatic heterocycles. The number of para-hydroxylation sites is 1. The highest BCUT2D eigenvalue weighted by Crippen LogP contribution is 2.13. The Morgan fingerprint density at radius 1 is 1.11 bits per heavy atom. The Hall–Kier alpha value is -2.33. The number of nitrogens with one attached hydrogen (secondary N) is 1. The van der Waals surface area contributed by atoms with Gasteiger partial charge in [-0.25, -0.2) is 0 Å². The first-order chi connectivity index (χ1) is 9.18. The van der Waals surface area contributed by atoms with Crippen molar-refractivity contribution in [2.24, 2.45) is 0 Å². The number of carbonyl (C=O) groups is 1. The average Bonchev–Trinajstić information content (AvgIpc) is 2.46. The molecule has 0 saturated heterocycles. The molecule has 1 amide bonds. The third-order valence-electron chi connectivity index (χ3n) is 2.85. The van der Waals surface area contributed by atoms with Crippen molar-refractivity contribution < 1.29 is 9.90 Å². The van der Waals surface area contributed by atoms with Crippen LogP contribution in [0.2, 0.25) is 0 Å². The van der Waals surface area contributed by atoms with Crippen LogP contribution in [-0.2, 0) is 0 Å². The van der Waals surface area contributed by atoms with Crippen molar-refractivity contribution >= 4 is 11.6 Å². The van der Waals surface area contributed by atoms with E-state index in [1.165, 1.54) is 0 Å². The third kappa shape index (κ3) is 3.33. The summed E-state index contributed by atoms with van der Waals surface area (Å²) < 4.78 is 0. The van der Waals surface area contributed by atoms with Gasteiger partial charge in [0.05, 0.1) is 11.7 Å².